The van der Waals surface area contributed by atoms with Crippen LogP contribution >= 0.6 is 11.6 Å². The van der Waals surface area contributed by atoms with E-state index in [-0.39, 0.29) is 0 Å². The molecule has 0 fully saturated rings. The van der Waals surface area contributed by atoms with E-state index in [0.29, 0.717) is 0 Å². The summed E-state index contributed by atoms with van der Waals surface area (Å²) in [7, 11) is 0. The zero-order chi connectivity index (χ0) is 9.80. The summed E-state index contributed by atoms with van der Waals surface area (Å²) in [6, 6.07) is 8.74. The average molecular weight is 207 g/mol. The second-order valence-electron chi connectivity index (χ2n) is 3.78. The van der Waals surface area contributed by atoms with E-state index in [1.807, 2.05) is 0 Å². The number of hydrogen-bond donors (Lipinski definition) is 0. The van der Waals surface area contributed by atoms with Crippen LogP contribution in [-0.2, 0) is 6.42 Å². The van der Waals surface area contributed by atoms with Crippen molar-refractivity contribution in [3.05, 3.63) is 47.5 Å². The molecule has 1 heteroatoms. The van der Waals surface area contributed by atoms with Gasteiger partial charge in [0.25, 0.3) is 0 Å². The Hall–Kier alpha value is -0.750. The van der Waals surface area contributed by atoms with Crippen LogP contribution in [0.5, 0.6) is 0 Å². The van der Waals surface area contributed by atoms with Crippen LogP contribution in [0.3, 0.4) is 0 Å². The van der Waals surface area contributed by atoms with Gasteiger partial charge in [0, 0.05) is 5.88 Å². The summed E-state index contributed by atoms with van der Waals surface area (Å²) in [5.74, 6) is 1.50. The van der Waals surface area contributed by atoms with Gasteiger partial charge < -0.3 is 0 Å². The van der Waals surface area contributed by atoms with E-state index in [1.165, 1.54) is 18.4 Å². The number of fused-ring (bicyclic) bond motifs is 1. The molecule has 14 heavy (non-hydrogen) atoms. The average Bonchev–Trinajstić information content (AvgIpc) is 2.19. The molecule has 0 bridgehead atoms. The fraction of sp³-hybridized carbons (Fsp3) is 0.385. The van der Waals surface area contributed by atoms with Crippen molar-refractivity contribution in [2.45, 2.75) is 25.2 Å². The third-order valence-electron chi connectivity index (χ3n) is 2.82. The lowest BCUT2D eigenvalue weighted by molar-refractivity contribution is 0.615. The van der Waals surface area contributed by atoms with E-state index in [4.69, 9.17) is 11.6 Å². The molecular formula is C13H15Cl. The van der Waals surface area contributed by atoms with E-state index in [0.717, 1.165) is 18.2 Å². The first kappa shape index (κ1) is 9.79. The van der Waals surface area contributed by atoms with Crippen molar-refractivity contribution < 1.29 is 0 Å². The number of benzene rings is 1. The molecule has 0 aliphatic heterocycles. The summed E-state index contributed by atoms with van der Waals surface area (Å²) < 4.78 is 0. The van der Waals surface area contributed by atoms with E-state index < -0.39 is 0 Å². The number of rotatable bonds is 4. The van der Waals surface area contributed by atoms with E-state index in [2.05, 4.69) is 36.4 Å². The van der Waals surface area contributed by atoms with E-state index >= 15 is 0 Å². The van der Waals surface area contributed by atoms with Gasteiger partial charge in [-0.3, -0.25) is 0 Å². The zero-order valence-corrected chi connectivity index (χ0v) is 9.00. The SMILES string of the molecule is ClCCC=CCC1Cc2ccccc21. The lowest BCUT2D eigenvalue weighted by atomic mass is 9.76. The minimum Gasteiger partial charge on any atom is -0.126 e. The van der Waals surface area contributed by atoms with Gasteiger partial charge in [0.05, 0.1) is 0 Å². The summed E-state index contributed by atoms with van der Waals surface area (Å²) >= 11 is 5.59. The van der Waals surface area contributed by atoms with E-state index in [1.54, 1.807) is 5.56 Å². The molecule has 0 spiro atoms. The van der Waals surface area contributed by atoms with Gasteiger partial charge in [-0.15, -0.1) is 11.6 Å². The molecule has 74 valence electrons. The molecular weight excluding hydrogens is 192 g/mol. The fourth-order valence-corrected chi connectivity index (χ4v) is 2.14. The third-order valence-corrected chi connectivity index (χ3v) is 3.04. The van der Waals surface area contributed by atoms with Gasteiger partial charge in [-0.05, 0) is 36.3 Å². The van der Waals surface area contributed by atoms with Crippen molar-refractivity contribution >= 4 is 11.6 Å². The second-order valence-corrected chi connectivity index (χ2v) is 4.16. The van der Waals surface area contributed by atoms with E-state index in [9.17, 15) is 0 Å². The maximum atomic E-state index is 5.59. The highest BCUT2D eigenvalue weighted by molar-refractivity contribution is 6.17. The molecule has 1 aromatic rings. The Balaban J connectivity index is 1.87. The van der Waals surface area contributed by atoms with Crippen LogP contribution in [0.2, 0.25) is 0 Å². The summed E-state index contributed by atoms with van der Waals surface area (Å²) in [5, 5.41) is 0. The van der Waals surface area contributed by atoms with Gasteiger partial charge in [-0.1, -0.05) is 36.4 Å². The van der Waals surface area contributed by atoms with Crippen molar-refractivity contribution in [1.82, 2.24) is 0 Å². The standard InChI is InChI=1S/C13H15Cl/c14-9-5-1-2-6-11-10-12-7-3-4-8-13(11)12/h1-4,7-8,11H,5-6,9-10H2. The summed E-state index contributed by atoms with van der Waals surface area (Å²) in [5.41, 5.74) is 3.08. The van der Waals surface area contributed by atoms with Crippen LogP contribution in [0.4, 0.5) is 0 Å². The topological polar surface area (TPSA) is 0 Å². The number of halogens is 1. The molecule has 0 heterocycles. The molecule has 2 rings (SSSR count). The molecule has 1 aliphatic rings. The van der Waals surface area contributed by atoms with Crippen molar-refractivity contribution in [3.63, 3.8) is 0 Å². The molecule has 0 radical (unpaired) electrons. The molecule has 1 unspecified atom stereocenters. The molecule has 1 atom stereocenters. The largest absolute Gasteiger partial charge is 0.126 e. The van der Waals surface area contributed by atoms with Gasteiger partial charge in [-0.25, -0.2) is 0 Å². The zero-order valence-electron chi connectivity index (χ0n) is 8.25. The van der Waals surface area contributed by atoms with Crippen LogP contribution in [-0.4, -0.2) is 5.88 Å². The Morgan fingerprint density at radius 3 is 2.93 bits per heavy atom. The Morgan fingerprint density at radius 2 is 2.14 bits per heavy atom. The minimum atomic E-state index is 0.734. The van der Waals surface area contributed by atoms with Gasteiger partial charge in [0.2, 0.25) is 0 Å². The van der Waals surface area contributed by atoms with Crippen molar-refractivity contribution in [1.29, 1.82) is 0 Å². The Labute approximate surface area is 90.6 Å². The fourth-order valence-electron chi connectivity index (χ4n) is 2.01. The summed E-state index contributed by atoms with van der Waals surface area (Å²) in [4.78, 5) is 0. The summed E-state index contributed by atoms with van der Waals surface area (Å²) in [6.45, 7) is 0. The molecule has 0 N–H and O–H groups in total. The molecule has 0 saturated carbocycles. The highest BCUT2D eigenvalue weighted by atomic mass is 35.5. The Bertz CT molecular complexity index is 328. The molecule has 1 aliphatic carbocycles. The predicted molar refractivity (Wildman–Crippen MR) is 62.0 cm³/mol. The van der Waals surface area contributed by atoms with Crippen molar-refractivity contribution in [2.24, 2.45) is 0 Å². The molecule has 0 saturated heterocycles. The van der Waals surface area contributed by atoms with Gasteiger partial charge in [0.1, 0.15) is 0 Å². The highest BCUT2D eigenvalue weighted by Crippen LogP contribution is 2.37. The Morgan fingerprint density at radius 1 is 1.29 bits per heavy atom. The smallest absolute Gasteiger partial charge is 0.0257 e. The minimum absolute atomic E-state index is 0.734. The third kappa shape index (κ3) is 2.01. The van der Waals surface area contributed by atoms with Gasteiger partial charge in [-0.2, -0.15) is 0 Å². The van der Waals surface area contributed by atoms with Gasteiger partial charge in [0.15, 0.2) is 0 Å². The maximum absolute atomic E-state index is 5.59. The quantitative estimate of drug-likeness (QED) is 0.518. The van der Waals surface area contributed by atoms with Crippen LogP contribution in [0.1, 0.15) is 29.9 Å². The molecule has 0 aromatic heterocycles. The van der Waals surface area contributed by atoms with Crippen molar-refractivity contribution in [3.8, 4) is 0 Å². The first-order chi connectivity index (χ1) is 6.92. The summed E-state index contributed by atoms with van der Waals surface area (Å²) in [6.07, 6.45) is 7.88. The first-order valence-corrected chi connectivity index (χ1v) is 5.74. The number of allylic oxidation sites excluding steroid dienone is 2. The predicted octanol–water partition coefficient (Wildman–Crippen LogP) is 3.90. The van der Waals surface area contributed by atoms with Crippen LogP contribution in [0.15, 0.2) is 36.4 Å². The second kappa shape index (κ2) is 4.65. The maximum Gasteiger partial charge on any atom is 0.0257 e. The monoisotopic (exact) mass is 206 g/mol. The normalized spacial score (nSPS) is 19.4. The molecule has 0 amide bonds. The number of hydrogen-bond acceptors (Lipinski definition) is 0. The van der Waals surface area contributed by atoms with Gasteiger partial charge >= 0.3 is 0 Å². The van der Waals surface area contributed by atoms with Crippen molar-refractivity contribution in [2.75, 3.05) is 5.88 Å². The number of alkyl halides is 1. The highest BCUT2D eigenvalue weighted by Gasteiger charge is 2.23. The Kier molecular flexibility index (Phi) is 3.26. The van der Waals surface area contributed by atoms with Crippen LogP contribution < -0.4 is 0 Å². The lowest BCUT2D eigenvalue weighted by Gasteiger charge is -2.29. The van der Waals surface area contributed by atoms with Crippen LogP contribution in [0, 0.1) is 0 Å². The lowest BCUT2D eigenvalue weighted by Crippen LogP contribution is -2.15. The first-order valence-electron chi connectivity index (χ1n) is 5.20. The molecule has 1 aromatic carbocycles. The van der Waals surface area contributed by atoms with Crippen LogP contribution in [0.25, 0.3) is 0 Å². The molecule has 0 nitrogen and oxygen atoms in total.